The van der Waals surface area contributed by atoms with E-state index in [1.165, 1.54) is 19.3 Å². The molecule has 19 heavy (non-hydrogen) atoms. The minimum atomic E-state index is 0.0355. The fraction of sp³-hybridized carbons (Fsp3) is 0.938. The van der Waals surface area contributed by atoms with Gasteiger partial charge in [-0.1, -0.05) is 41.0 Å². The number of carbonyl (C=O) groups is 1. The molecule has 2 rings (SSSR count). The second-order valence-electron chi connectivity index (χ2n) is 7.04. The van der Waals surface area contributed by atoms with Crippen molar-refractivity contribution in [2.24, 2.45) is 17.8 Å². The first kappa shape index (κ1) is 14.8. The van der Waals surface area contributed by atoms with Gasteiger partial charge in [0.25, 0.3) is 0 Å². The van der Waals surface area contributed by atoms with E-state index in [0.29, 0.717) is 23.8 Å². The summed E-state index contributed by atoms with van der Waals surface area (Å²) in [6.07, 6.45) is 4.94. The van der Waals surface area contributed by atoms with Gasteiger partial charge in [0.15, 0.2) is 0 Å². The molecule has 1 saturated carbocycles. The highest BCUT2D eigenvalue weighted by atomic mass is 16.2. The maximum absolute atomic E-state index is 12.8. The van der Waals surface area contributed by atoms with E-state index in [-0.39, 0.29) is 12.2 Å². The van der Waals surface area contributed by atoms with Crippen LogP contribution in [0.25, 0.3) is 0 Å². The number of hydrogen-bond donors (Lipinski definition) is 1. The van der Waals surface area contributed by atoms with Crippen LogP contribution in [0.15, 0.2) is 0 Å². The van der Waals surface area contributed by atoms with E-state index in [2.05, 4.69) is 44.8 Å². The molecule has 3 heteroatoms. The maximum atomic E-state index is 12.8. The van der Waals surface area contributed by atoms with E-state index in [1.807, 2.05) is 0 Å². The van der Waals surface area contributed by atoms with Crippen LogP contribution < -0.4 is 5.32 Å². The molecule has 1 saturated heterocycles. The van der Waals surface area contributed by atoms with Gasteiger partial charge in [-0.3, -0.25) is 10.1 Å². The average Bonchev–Trinajstić information content (AvgIpc) is 2.92. The van der Waals surface area contributed by atoms with Gasteiger partial charge in [-0.15, -0.1) is 0 Å². The van der Waals surface area contributed by atoms with Crippen LogP contribution in [-0.4, -0.2) is 29.1 Å². The molecule has 0 bridgehead atoms. The van der Waals surface area contributed by atoms with Gasteiger partial charge in [0, 0.05) is 6.04 Å². The number of amides is 1. The van der Waals surface area contributed by atoms with Crippen LogP contribution in [0.2, 0.25) is 0 Å². The van der Waals surface area contributed by atoms with E-state index < -0.39 is 0 Å². The summed E-state index contributed by atoms with van der Waals surface area (Å²) in [6.45, 7) is 11.1. The summed E-state index contributed by atoms with van der Waals surface area (Å²) in [7, 11) is 0. The van der Waals surface area contributed by atoms with Gasteiger partial charge >= 0.3 is 0 Å². The molecule has 5 atom stereocenters. The molecule has 5 unspecified atom stereocenters. The van der Waals surface area contributed by atoms with Crippen molar-refractivity contribution in [3.8, 4) is 0 Å². The van der Waals surface area contributed by atoms with Crippen molar-refractivity contribution in [3.05, 3.63) is 0 Å². The van der Waals surface area contributed by atoms with Gasteiger partial charge in [0.1, 0.15) is 0 Å². The van der Waals surface area contributed by atoms with Crippen LogP contribution in [0.5, 0.6) is 0 Å². The summed E-state index contributed by atoms with van der Waals surface area (Å²) >= 11 is 0. The van der Waals surface area contributed by atoms with Crippen LogP contribution >= 0.6 is 0 Å². The fourth-order valence-electron chi connectivity index (χ4n) is 3.63. The molecule has 1 aliphatic heterocycles. The van der Waals surface area contributed by atoms with Crippen LogP contribution in [0.4, 0.5) is 0 Å². The summed E-state index contributed by atoms with van der Waals surface area (Å²) in [5, 5.41) is 3.61. The average molecular weight is 266 g/mol. The Kier molecular flexibility index (Phi) is 4.54. The number of rotatable bonds is 4. The highest BCUT2D eigenvalue weighted by Gasteiger charge is 2.46. The van der Waals surface area contributed by atoms with Gasteiger partial charge in [0.2, 0.25) is 5.91 Å². The van der Waals surface area contributed by atoms with Crippen LogP contribution in [-0.2, 0) is 4.79 Å². The second-order valence-corrected chi connectivity index (χ2v) is 7.04. The summed E-state index contributed by atoms with van der Waals surface area (Å²) < 4.78 is 0. The number of hydrogen-bond acceptors (Lipinski definition) is 2. The minimum Gasteiger partial charge on any atom is -0.323 e. The smallest absolute Gasteiger partial charge is 0.241 e. The number of nitrogens with zero attached hydrogens (tertiary/aromatic N) is 1. The highest BCUT2D eigenvalue weighted by molar-refractivity contribution is 5.85. The molecule has 2 fully saturated rings. The predicted octanol–water partition coefficient (Wildman–Crippen LogP) is 3.00. The third kappa shape index (κ3) is 2.81. The Balaban J connectivity index is 2.16. The quantitative estimate of drug-likeness (QED) is 0.848. The van der Waals surface area contributed by atoms with Crippen molar-refractivity contribution in [1.82, 2.24) is 10.2 Å². The van der Waals surface area contributed by atoms with Crippen LogP contribution in [0.1, 0.15) is 60.3 Å². The van der Waals surface area contributed by atoms with Crippen molar-refractivity contribution in [2.75, 3.05) is 0 Å². The standard InChI is InChI=1S/C16H30N2O/c1-6-12(5)14-16(19)18(15(17-14)10(2)3)13-8-7-11(4)9-13/h10-15,17H,6-9H2,1-5H3. The third-order valence-electron chi connectivity index (χ3n) is 5.08. The van der Waals surface area contributed by atoms with Crippen LogP contribution in [0, 0.1) is 17.8 Å². The minimum absolute atomic E-state index is 0.0355. The van der Waals surface area contributed by atoms with E-state index in [9.17, 15) is 4.79 Å². The van der Waals surface area contributed by atoms with E-state index >= 15 is 0 Å². The van der Waals surface area contributed by atoms with Crippen molar-refractivity contribution < 1.29 is 4.79 Å². The number of nitrogens with one attached hydrogen (secondary N) is 1. The Hall–Kier alpha value is -0.570. The third-order valence-corrected chi connectivity index (χ3v) is 5.08. The molecule has 0 aromatic heterocycles. The first-order valence-corrected chi connectivity index (χ1v) is 8.03. The topological polar surface area (TPSA) is 32.3 Å². The molecule has 1 aliphatic carbocycles. The molecule has 3 nitrogen and oxygen atoms in total. The van der Waals surface area contributed by atoms with Gasteiger partial charge in [-0.2, -0.15) is 0 Å². The zero-order chi connectivity index (χ0) is 14.2. The zero-order valence-electron chi connectivity index (χ0n) is 13.1. The molecule has 1 heterocycles. The first-order valence-electron chi connectivity index (χ1n) is 8.03. The van der Waals surface area contributed by atoms with E-state index in [1.54, 1.807) is 0 Å². The first-order chi connectivity index (χ1) is 8.95. The zero-order valence-corrected chi connectivity index (χ0v) is 13.1. The Morgan fingerprint density at radius 3 is 2.47 bits per heavy atom. The summed E-state index contributed by atoms with van der Waals surface area (Å²) in [5.41, 5.74) is 0. The highest BCUT2D eigenvalue weighted by Crippen LogP contribution is 2.34. The molecule has 0 aromatic carbocycles. The van der Waals surface area contributed by atoms with E-state index in [4.69, 9.17) is 0 Å². The Labute approximate surface area is 118 Å². The summed E-state index contributed by atoms with van der Waals surface area (Å²) in [4.78, 5) is 15.0. The lowest BCUT2D eigenvalue weighted by atomic mass is 9.99. The second kappa shape index (κ2) is 5.82. The Bertz CT molecular complexity index is 329. The lowest BCUT2D eigenvalue weighted by molar-refractivity contribution is -0.133. The molecule has 0 spiro atoms. The largest absolute Gasteiger partial charge is 0.323 e. The maximum Gasteiger partial charge on any atom is 0.241 e. The molecule has 0 radical (unpaired) electrons. The Morgan fingerprint density at radius 2 is 2.00 bits per heavy atom. The van der Waals surface area contributed by atoms with Gasteiger partial charge in [-0.05, 0) is 37.0 Å². The van der Waals surface area contributed by atoms with Crippen molar-refractivity contribution >= 4 is 5.91 Å². The monoisotopic (exact) mass is 266 g/mol. The summed E-state index contributed by atoms with van der Waals surface area (Å²) in [5.74, 6) is 2.03. The lowest BCUT2D eigenvalue weighted by Gasteiger charge is -2.32. The molecular weight excluding hydrogens is 236 g/mol. The fourth-order valence-corrected chi connectivity index (χ4v) is 3.63. The molecular formula is C16H30N2O. The summed E-state index contributed by atoms with van der Waals surface area (Å²) in [6, 6.07) is 0.504. The number of carbonyl (C=O) groups excluding carboxylic acids is 1. The molecule has 1 amide bonds. The lowest BCUT2D eigenvalue weighted by Crippen LogP contribution is -2.46. The van der Waals surface area contributed by atoms with Crippen molar-refractivity contribution in [1.29, 1.82) is 0 Å². The molecule has 110 valence electrons. The van der Waals surface area contributed by atoms with Gasteiger partial charge in [-0.25, -0.2) is 0 Å². The van der Waals surface area contributed by atoms with E-state index in [0.717, 1.165) is 12.3 Å². The van der Waals surface area contributed by atoms with Gasteiger partial charge < -0.3 is 4.90 Å². The van der Waals surface area contributed by atoms with Gasteiger partial charge in [0.05, 0.1) is 12.2 Å². The molecule has 1 N–H and O–H groups in total. The SMILES string of the molecule is CCC(C)C1NC(C(C)C)N(C2CCC(C)C2)C1=O. The predicted molar refractivity (Wildman–Crippen MR) is 78.7 cm³/mol. The van der Waals surface area contributed by atoms with Crippen molar-refractivity contribution in [3.63, 3.8) is 0 Å². The normalized spacial score (nSPS) is 37.4. The van der Waals surface area contributed by atoms with Crippen molar-refractivity contribution in [2.45, 2.75) is 78.6 Å². The van der Waals surface area contributed by atoms with Crippen LogP contribution in [0.3, 0.4) is 0 Å². The Morgan fingerprint density at radius 1 is 1.32 bits per heavy atom. The molecule has 2 aliphatic rings. The molecule has 0 aromatic rings.